The monoisotopic (exact) mass is 487 g/mol. The van der Waals surface area contributed by atoms with Crippen LogP contribution >= 0.6 is 11.6 Å². The number of fused-ring (bicyclic) bond motifs is 1. The molecule has 11 heteroatoms. The molecule has 1 heterocycles. The van der Waals surface area contributed by atoms with Crippen LogP contribution in [0.15, 0.2) is 36.4 Å². The van der Waals surface area contributed by atoms with Crippen molar-refractivity contribution in [1.29, 1.82) is 0 Å². The van der Waals surface area contributed by atoms with E-state index in [2.05, 4.69) is 4.98 Å². The van der Waals surface area contributed by atoms with Gasteiger partial charge in [0.1, 0.15) is 11.5 Å². The number of carbonyl (C=O) groups excluding carboxylic acids is 1. The van der Waals surface area contributed by atoms with Crippen LogP contribution in [0.25, 0.3) is 10.8 Å². The van der Waals surface area contributed by atoms with Crippen LogP contribution in [0.3, 0.4) is 0 Å². The number of halogens is 4. The zero-order valence-electron chi connectivity index (χ0n) is 17.3. The van der Waals surface area contributed by atoms with Crippen LogP contribution in [-0.2, 0) is 23.0 Å². The molecule has 1 N–H and O–H groups in total. The average molecular weight is 488 g/mol. The van der Waals surface area contributed by atoms with E-state index in [0.717, 1.165) is 33.0 Å². The molecule has 0 fully saturated rings. The summed E-state index contributed by atoms with van der Waals surface area (Å²) in [5, 5.41) is 1.52. The Hall–Kier alpha value is -2.59. The lowest BCUT2D eigenvalue weighted by Crippen LogP contribution is -2.41. The third-order valence-electron chi connectivity index (χ3n) is 5.07. The first kappa shape index (κ1) is 24.1. The molecule has 1 aromatic heterocycles. The number of nitrogens with one attached hydrogen (secondary N) is 1. The maximum absolute atomic E-state index is 12.8. The molecular formula is C21H21ClF3N3O3S. The molecule has 0 spiro atoms. The first-order valence-electron chi connectivity index (χ1n) is 9.81. The van der Waals surface area contributed by atoms with Gasteiger partial charge in [0.25, 0.3) is 5.91 Å². The summed E-state index contributed by atoms with van der Waals surface area (Å²) in [6, 6.07) is 11.3. The predicted molar refractivity (Wildman–Crippen MR) is 116 cm³/mol. The second kappa shape index (κ2) is 9.11. The smallest absolute Gasteiger partial charge is 0.318 e. The summed E-state index contributed by atoms with van der Waals surface area (Å²) in [6.45, 7) is 3.98. The van der Waals surface area contributed by atoms with Crippen molar-refractivity contribution < 1.29 is 26.4 Å². The van der Waals surface area contributed by atoms with Crippen LogP contribution in [0.2, 0.25) is 5.15 Å². The van der Waals surface area contributed by atoms with Gasteiger partial charge >= 0.3 is 15.5 Å². The van der Waals surface area contributed by atoms with Gasteiger partial charge in [0, 0.05) is 6.42 Å². The van der Waals surface area contributed by atoms with Gasteiger partial charge in [-0.05, 0) is 35.2 Å². The number of imidazole rings is 1. The van der Waals surface area contributed by atoms with Crippen LogP contribution in [0.1, 0.15) is 47.2 Å². The van der Waals surface area contributed by atoms with Crippen molar-refractivity contribution in [3.8, 4) is 0 Å². The molecule has 0 radical (unpaired) electrons. The first-order valence-corrected chi connectivity index (χ1v) is 11.7. The lowest BCUT2D eigenvalue weighted by Gasteiger charge is -2.15. The number of sulfonamides is 1. The van der Waals surface area contributed by atoms with Crippen molar-refractivity contribution in [3.05, 3.63) is 64.2 Å². The van der Waals surface area contributed by atoms with Gasteiger partial charge in [-0.1, -0.05) is 61.3 Å². The van der Waals surface area contributed by atoms with Gasteiger partial charge < -0.3 is 4.57 Å². The van der Waals surface area contributed by atoms with E-state index in [-0.39, 0.29) is 11.7 Å². The molecule has 0 unspecified atom stereocenters. The Kier molecular flexibility index (Phi) is 6.85. The van der Waals surface area contributed by atoms with Gasteiger partial charge in [-0.15, -0.1) is 0 Å². The van der Waals surface area contributed by atoms with E-state index in [1.807, 2.05) is 50.2 Å². The molecule has 0 aliphatic heterocycles. The largest absolute Gasteiger partial charge is 0.516 e. The lowest BCUT2D eigenvalue weighted by atomic mass is 10.00. The van der Waals surface area contributed by atoms with Crippen LogP contribution < -0.4 is 4.72 Å². The summed E-state index contributed by atoms with van der Waals surface area (Å²) < 4.78 is 63.8. The maximum Gasteiger partial charge on any atom is 0.516 e. The highest BCUT2D eigenvalue weighted by molar-refractivity contribution is 7.90. The van der Waals surface area contributed by atoms with Crippen molar-refractivity contribution in [2.75, 3.05) is 0 Å². The van der Waals surface area contributed by atoms with Crippen molar-refractivity contribution in [2.24, 2.45) is 0 Å². The van der Waals surface area contributed by atoms with Crippen molar-refractivity contribution in [3.63, 3.8) is 0 Å². The molecule has 1 amide bonds. The number of hydrogen-bond donors (Lipinski definition) is 1. The molecule has 6 nitrogen and oxygen atoms in total. The van der Waals surface area contributed by atoms with Gasteiger partial charge in [0.05, 0.1) is 6.54 Å². The topological polar surface area (TPSA) is 81.1 Å². The Morgan fingerprint density at radius 3 is 2.44 bits per heavy atom. The van der Waals surface area contributed by atoms with Crippen LogP contribution in [0, 0.1) is 6.92 Å². The molecule has 0 atom stereocenters. The number of hydrogen-bond acceptors (Lipinski definition) is 4. The average Bonchev–Trinajstić information content (AvgIpc) is 3.02. The summed E-state index contributed by atoms with van der Waals surface area (Å²) in [6.07, 6.45) is 1.92. The molecule has 2 aromatic carbocycles. The standard InChI is InChI=1S/C21H21ClF3N3O3S/c1-3-4-9-17-26-19(22)18(20(29)27-32(30,31)21(23,24)25)28(17)12-14-11-10-13(2)15-7-5-6-8-16(14)15/h5-8,10-11H,3-4,9,12H2,1-2H3,(H,27,29). The van der Waals surface area contributed by atoms with E-state index in [9.17, 15) is 26.4 Å². The van der Waals surface area contributed by atoms with Gasteiger partial charge in [-0.25, -0.2) is 9.71 Å². The number of rotatable bonds is 7. The summed E-state index contributed by atoms with van der Waals surface area (Å²) in [5.74, 6) is -1.10. The molecule has 0 aliphatic rings. The van der Waals surface area contributed by atoms with Crippen LogP contribution in [0.4, 0.5) is 13.2 Å². The highest BCUT2D eigenvalue weighted by Gasteiger charge is 2.47. The molecule has 0 aliphatic carbocycles. The quantitative estimate of drug-likeness (QED) is 0.510. The second-order valence-electron chi connectivity index (χ2n) is 7.32. The van der Waals surface area contributed by atoms with Crippen molar-refractivity contribution in [2.45, 2.75) is 45.2 Å². The number of nitrogens with zero attached hydrogens (tertiary/aromatic N) is 2. The number of aromatic nitrogens is 2. The fraction of sp³-hybridized carbons (Fsp3) is 0.333. The number of amides is 1. The van der Waals surface area contributed by atoms with Crippen molar-refractivity contribution >= 4 is 38.3 Å². The maximum atomic E-state index is 12.8. The molecular weight excluding hydrogens is 467 g/mol. The molecule has 0 saturated heterocycles. The van der Waals surface area contributed by atoms with E-state index in [4.69, 9.17) is 11.6 Å². The number of carbonyl (C=O) groups is 1. The molecule has 3 rings (SSSR count). The third kappa shape index (κ3) is 4.75. The van der Waals surface area contributed by atoms with E-state index in [1.165, 1.54) is 4.57 Å². The molecule has 3 aromatic rings. The van der Waals surface area contributed by atoms with Crippen LogP contribution in [-0.4, -0.2) is 29.4 Å². The number of benzene rings is 2. The van der Waals surface area contributed by atoms with Gasteiger partial charge in [0.15, 0.2) is 5.15 Å². The van der Waals surface area contributed by atoms with Crippen LogP contribution in [0.5, 0.6) is 0 Å². The van der Waals surface area contributed by atoms with Gasteiger partial charge in [0.2, 0.25) is 0 Å². The highest BCUT2D eigenvalue weighted by Crippen LogP contribution is 2.27. The minimum Gasteiger partial charge on any atom is -0.318 e. The third-order valence-corrected chi connectivity index (χ3v) is 6.39. The minimum atomic E-state index is -5.90. The van der Waals surface area contributed by atoms with E-state index in [1.54, 1.807) is 0 Å². The minimum absolute atomic E-state index is 0.0778. The zero-order chi connectivity index (χ0) is 23.7. The van der Waals surface area contributed by atoms with Gasteiger partial charge in [-0.3, -0.25) is 4.79 Å². The normalized spacial score (nSPS) is 12.3. The van der Waals surface area contributed by atoms with Gasteiger partial charge in [-0.2, -0.15) is 21.6 Å². The first-order chi connectivity index (χ1) is 15.0. The number of alkyl halides is 3. The Morgan fingerprint density at radius 2 is 1.81 bits per heavy atom. The second-order valence-corrected chi connectivity index (χ2v) is 9.36. The number of aryl methyl sites for hydroxylation is 2. The Bertz CT molecular complexity index is 1270. The molecule has 0 bridgehead atoms. The Labute approximate surface area is 188 Å². The lowest BCUT2D eigenvalue weighted by molar-refractivity contribution is -0.0446. The fourth-order valence-corrected chi connectivity index (χ4v) is 4.17. The molecule has 0 saturated carbocycles. The SMILES string of the molecule is CCCCc1nc(Cl)c(C(=O)NS(=O)(=O)C(F)(F)F)n1Cc1ccc(C)c2ccccc12. The summed E-state index contributed by atoms with van der Waals surface area (Å²) in [4.78, 5) is 16.8. The summed E-state index contributed by atoms with van der Waals surface area (Å²) in [7, 11) is -5.90. The summed E-state index contributed by atoms with van der Waals surface area (Å²) in [5.41, 5.74) is -4.26. The van der Waals surface area contributed by atoms with E-state index < -0.39 is 27.1 Å². The highest BCUT2D eigenvalue weighted by atomic mass is 35.5. The number of unbranched alkanes of at least 4 members (excludes halogenated alkanes) is 1. The Morgan fingerprint density at radius 1 is 1.16 bits per heavy atom. The molecule has 32 heavy (non-hydrogen) atoms. The zero-order valence-corrected chi connectivity index (χ0v) is 18.9. The summed E-state index contributed by atoms with van der Waals surface area (Å²) >= 11 is 6.11. The van der Waals surface area contributed by atoms with E-state index in [0.29, 0.717) is 18.7 Å². The van der Waals surface area contributed by atoms with Crippen molar-refractivity contribution in [1.82, 2.24) is 14.3 Å². The van der Waals surface area contributed by atoms with E-state index >= 15 is 0 Å². The Balaban J connectivity index is 2.11. The molecule has 172 valence electrons. The predicted octanol–water partition coefficient (Wildman–Crippen LogP) is 4.97. The fourth-order valence-electron chi connectivity index (χ4n) is 3.43.